The second-order valence-corrected chi connectivity index (χ2v) is 4.84. The summed E-state index contributed by atoms with van der Waals surface area (Å²) in [7, 11) is 1.87. The van der Waals surface area contributed by atoms with Gasteiger partial charge in [0.15, 0.2) is 0 Å². The Morgan fingerprint density at radius 2 is 2.12 bits per heavy atom. The first-order valence-corrected chi connectivity index (χ1v) is 6.17. The van der Waals surface area contributed by atoms with Crippen LogP contribution < -0.4 is 5.73 Å². The van der Waals surface area contributed by atoms with Crippen LogP contribution in [0.1, 0.15) is 32.6 Å². The van der Waals surface area contributed by atoms with Gasteiger partial charge in [0, 0.05) is 39.3 Å². The monoisotopic (exact) mass is 228 g/mol. The fourth-order valence-electron chi connectivity index (χ4n) is 1.97. The van der Waals surface area contributed by atoms with Gasteiger partial charge in [0.25, 0.3) is 0 Å². The standard InChI is InChI=1S/C12H24N2O2/c1-10(13)9-12(15)14(2)6-3-11-4-7-16-8-5-11/h10-11H,3-9,13H2,1-2H3. The third-order valence-electron chi connectivity index (χ3n) is 3.14. The van der Waals surface area contributed by atoms with Crippen LogP contribution in [0, 0.1) is 5.92 Å². The van der Waals surface area contributed by atoms with Crippen LogP contribution in [-0.2, 0) is 9.53 Å². The molecule has 1 atom stereocenters. The zero-order valence-corrected chi connectivity index (χ0v) is 10.4. The van der Waals surface area contributed by atoms with E-state index in [2.05, 4.69) is 0 Å². The number of hydrogen-bond acceptors (Lipinski definition) is 3. The predicted octanol–water partition coefficient (Wildman–Crippen LogP) is 0.999. The molecule has 1 aliphatic heterocycles. The fourth-order valence-corrected chi connectivity index (χ4v) is 1.97. The summed E-state index contributed by atoms with van der Waals surface area (Å²) in [5.74, 6) is 0.876. The van der Waals surface area contributed by atoms with Gasteiger partial charge in [-0.1, -0.05) is 0 Å². The van der Waals surface area contributed by atoms with Crippen LogP contribution in [0.3, 0.4) is 0 Å². The first-order chi connectivity index (χ1) is 7.59. The van der Waals surface area contributed by atoms with Crippen LogP contribution in [0.25, 0.3) is 0 Å². The SMILES string of the molecule is CC(N)CC(=O)N(C)CCC1CCOCC1. The van der Waals surface area contributed by atoms with Gasteiger partial charge in [-0.05, 0) is 32.1 Å². The molecule has 1 fully saturated rings. The largest absolute Gasteiger partial charge is 0.381 e. The highest BCUT2D eigenvalue weighted by molar-refractivity contribution is 5.76. The molecule has 4 nitrogen and oxygen atoms in total. The molecule has 1 aliphatic rings. The van der Waals surface area contributed by atoms with Gasteiger partial charge in [0.1, 0.15) is 0 Å². The van der Waals surface area contributed by atoms with E-state index in [9.17, 15) is 4.79 Å². The molecular weight excluding hydrogens is 204 g/mol. The third-order valence-corrected chi connectivity index (χ3v) is 3.14. The van der Waals surface area contributed by atoms with Crippen LogP contribution in [-0.4, -0.2) is 43.7 Å². The summed E-state index contributed by atoms with van der Waals surface area (Å²) >= 11 is 0. The molecule has 2 N–H and O–H groups in total. The molecule has 94 valence electrons. The maximum atomic E-state index is 11.6. The Balaban J connectivity index is 2.17. The summed E-state index contributed by atoms with van der Waals surface area (Å²) in [4.78, 5) is 13.5. The van der Waals surface area contributed by atoms with Crippen LogP contribution >= 0.6 is 0 Å². The van der Waals surface area contributed by atoms with Crippen molar-refractivity contribution in [2.24, 2.45) is 11.7 Å². The van der Waals surface area contributed by atoms with Crippen molar-refractivity contribution in [3.8, 4) is 0 Å². The lowest BCUT2D eigenvalue weighted by molar-refractivity contribution is -0.130. The summed E-state index contributed by atoms with van der Waals surface area (Å²) < 4.78 is 5.31. The molecule has 16 heavy (non-hydrogen) atoms. The van der Waals surface area contributed by atoms with Crippen molar-refractivity contribution in [3.63, 3.8) is 0 Å². The van der Waals surface area contributed by atoms with E-state index in [1.54, 1.807) is 4.90 Å². The zero-order chi connectivity index (χ0) is 12.0. The average Bonchev–Trinajstić information content (AvgIpc) is 2.26. The molecule has 0 aromatic rings. The van der Waals surface area contributed by atoms with Gasteiger partial charge in [0.2, 0.25) is 5.91 Å². The van der Waals surface area contributed by atoms with Crippen molar-refractivity contribution >= 4 is 5.91 Å². The van der Waals surface area contributed by atoms with E-state index in [0.29, 0.717) is 6.42 Å². The highest BCUT2D eigenvalue weighted by Gasteiger charge is 2.16. The lowest BCUT2D eigenvalue weighted by Crippen LogP contribution is -2.33. The normalized spacial score (nSPS) is 19.4. The van der Waals surface area contributed by atoms with Crippen LogP contribution in [0.5, 0.6) is 0 Å². The number of carbonyl (C=O) groups is 1. The zero-order valence-electron chi connectivity index (χ0n) is 10.4. The van der Waals surface area contributed by atoms with Crippen LogP contribution in [0.2, 0.25) is 0 Å². The molecule has 1 unspecified atom stereocenters. The molecule has 1 saturated heterocycles. The number of hydrogen-bond donors (Lipinski definition) is 1. The molecule has 0 saturated carbocycles. The maximum Gasteiger partial charge on any atom is 0.223 e. The molecule has 0 aromatic carbocycles. The number of carbonyl (C=O) groups excluding carboxylic acids is 1. The molecule has 0 radical (unpaired) electrons. The molecule has 1 heterocycles. The van der Waals surface area contributed by atoms with Gasteiger partial charge >= 0.3 is 0 Å². The van der Waals surface area contributed by atoms with Crippen molar-refractivity contribution in [2.75, 3.05) is 26.8 Å². The number of nitrogens with zero attached hydrogens (tertiary/aromatic N) is 1. The summed E-state index contributed by atoms with van der Waals surface area (Å²) in [6, 6.07) is -0.0435. The molecule has 0 bridgehead atoms. The van der Waals surface area contributed by atoms with Crippen LogP contribution in [0.4, 0.5) is 0 Å². The molecule has 1 rings (SSSR count). The Hall–Kier alpha value is -0.610. The number of nitrogens with two attached hydrogens (primary N) is 1. The average molecular weight is 228 g/mol. The Labute approximate surface area is 98.1 Å². The molecule has 4 heteroatoms. The minimum absolute atomic E-state index is 0.0435. The van der Waals surface area contributed by atoms with E-state index >= 15 is 0 Å². The van der Waals surface area contributed by atoms with E-state index in [-0.39, 0.29) is 11.9 Å². The first-order valence-electron chi connectivity index (χ1n) is 6.17. The molecule has 0 spiro atoms. The molecular formula is C12H24N2O2. The topological polar surface area (TPSA) is 55.6 Å². The molecule has 0 aromatic heterocycles. The summed E-state index contributed by atoms with van der Waals surface area (Å²) in [6.07, 6.45) is 3.81. The Bertz CT molecular complexity index is 213. The van der Waals surface area contributed by atoms with Crippen LogP contribution in [0.15, 0.2) is 0 Å². The Morgan fingerprint density at radius 3 is 2.69 bits per heavy atom. The van der Waals surface area contributed by atoms with Gasteiger partial charge in [-0.25, -0.2) is 0 Å². The van der Waals surface area contributed by atoms with Gasteiger partial charge in [-0.2, -0.15) is 0 Å². The molecule has 0 aliphatic carbocycles. The third kappa shape index (κ3) is 4.94. The van der Waals surface area contributed by atoms with E-state index in [1.165, 1.54) is 0 Å². The van der Waals surface area contributed by atoms with Crippen molar-refractivity contribution < 1.29 is 9.53 Å². The lowest BCUT2D eigenvalue weighted by atomic mass is 9.96. The van der Waals surface area contributed by atoms with E-state index in [1.807, 2.05) is 14.0 Å². The summed E-state index contributed by atoms with van der Waals surface area (Å²) in [6.45, 7) is 4.46. The highest BCUT2D eigenvalue weighted by Crippen LogP contribution is 2.18. The van der Waals surface area contributed by atoms with Crippen molar-refractivity contribution in [1.82, 2.24) is 4.90 Å². The quantitative estimate of drug-likeness (QED) is 0.763. The highest BCUT2D eigenvalue weighted by atomic mass is 16.5. The van der Waals surface area contributed by atoms with Gasteiger partial charge in [-0.15, -0.1) is 0 Å². The minimum Gasteiger partial charge on any atom is -0.381 e. The maximum absolute atomic E-state index is 11.6. The lowest BCUT2D eigenvalue weighted by Gasteiger charge is -2.25. The second-order valence-electron chi connectivity index (χ2n) is 4.84. The molecule has 1 amide bonds. The van der Waals surface area contributed by atoms with Gasteiger partial charge in [0.05, 0.1) is 0 Å². The second kappa shape index (κ2) is 6.86. The first kappa shape index (κ1) is 13.5. The number of rotatable bonds is 5. The van der Waals surface area contributed by atoms with Crippen molar-refractivity contribution in [3.05, 3.63) is 0 Å². The van der Waals surface area contributed by atoms with E-state index in [0.717, 1.165) is 44.9 Å². The minimum atomic E-state index is -0.0435. The Kier molecular flexibility index (Phi) is 5.77. The van der Waals surface area contributed by atoms with E-state index < -0.39 is 0 Å². The predicted molar refractivity (Wildman–Crippen MR) is 64.1 cm³/mol. The Morgan fingerprint density at radius 1 is 1.50 bits per heavy atom. The van der Waals surface area contributed by atoms with Crippen molar-refractivity contribution in [2.45, 2.75) is 38.6 Å². The number of amides is 1. The number of ether oxygens (including phenoxy) is 1. The summed E-state index contributed by atoms with van der Waals surface area (Å²) in [5, 5.41) is 0. The van der Waals surface area contributed by atoms with Gasteiger partial charge < -0.3 is 15.4 Å². The van der Waals surface area contributed by atoms with Crippen molar-refractivity contribution in [1.29, 1.82) is 0 Å². The van der Waals surface area contributed by atoms with Gasteiger partial charge in [-0.3, -0.25) is 4.79 Å². The smallest absolute Gasteiger partial charge is 0.223 e. The van der Waals surface area contributed by atoms with E-state index in [4.69, 9.17) is 10.5 Å². The fraction of sp³-hybridized carbons (Fsp3) is 0.917. The summed E-state index contributed by atoms with van der Waals surface area (Å²) in [5.41, 5.74) is 5.61.